The number of likely N-dealkylation sites (tertiary alicyclic amines) is 1. The normalized spacial score (nSPS) is 23.4. The first-order valence-corrected chi connectivity index (χ1v) is 12.1. The summed E-state index contributed by atoms with van der Waals surface area (Å²) < 4.78 is 36.9. The monoisotopic (exact) mass is 446 g/mol. The zero-order chi connectivity index (χ0) is 22.2. The number of aryl methyl sites for hydroxylation is 1. The van der Waals surface area contributed by atoms with Crippen LogP contribution in [0.25, 0.3) is 0 Å². The molecule has 1 amide bonds. The van der Waals surface area contributed by atoms with Crippen molar-refractivity contribution >= 4 is 15.9 Å². The highest BCUT2D eigenvalue weighted by Gasteiger charge is 2.43. The van der Waals surface area contributed by atoms with E-state index in [9.17, 15) is 13.2 Å². The third-order valence-electron chi connectivity index (χ3n) is 6.11. The molecule has 0 radical (unpaired) electrons. The van der Waals surface area contributed by atoms with Crippen LogP contribution in [0.2, 0.25) is 0 Å². The first-order valence-electron chi connectivity index (χ1n) is 10.6. The van der Waals surface area contributed by atoms with Gasteiger partial charge in [-0.15, -0.1) is 0 Å². The number of rotatable bonds is 4. The van der Waals surface area contributed by atoms with Gasteiger partial charge in [0.1, 0.15) is 22.4 Å². The minimum atomic E-state index is -3.72. The van der Waals surface area contributed by atoms with Crippen molar-refractivity contribution in [1.82, 2.24) is 18.7 Å². The smallest absolute Gasteiger partial charge is 0.270 e. The van der Waals surface area contributed by atoms with Crippen LogP contribution in [-0.4, -0.2) is 85.4 Å². The Morgan fingerprint density at radius 3 is 2.58 bits per heavy atom. The van der Waals surface area contributed by atoms with E-state index in [1.54, 1.807) is 28.6 Å². The van der Waals surface area contributed by atoms with Crippen molar-refractivity contribution in [3.63, 3.8) is 0 Å². The van der Waals surface area contributed by atoms with Crippen molar-refractivity contribution in [2.75, 3.05) is 40.3 Å². The van der Waals surface area contributed by atoms with Crippen LogP contribution in [-0.2, 0) is 17.1 Å². The topological polar surface area (TPSA) is 75.1 Å². The van der Waals surface area contributed by atoms with E-state index in [2.05, 4.69) is 0 Å². The minimum Gasteiger partial charge on any atom is -0.487 e. The molecule has 31 heavy (non-hydrogen) atoms. The SMILES string of the molecule is CN(C)CCN1[C@@H]2CCN(C(=O)c3cccn3C)CC[C@H]2Oc2ccccc2S1(=O)=O. The first kappa shape index (κ1) is 21.9. The van der Waals surface area contributed by atoms with Crippen molar-refractivity contribution in [3.05, 3.63) is 48.3 Å². The fourth-order valence-electron chi connectivity index (χ4n) is 4.39. The predicted octanol–water partition coefficient (Wildman–Crippen LogP) is 1.64. The molecule has 4 rings (SSSR count). The molecule has 9 heteroatoms. The van der Waals surface area contributed by atoms with Gasteiger partial charge in [0.2, 0.25) is 10.0 Å². The quantitative estimate of drug-likeness (QED) is 0.714. The van der Waals surface area contributed by atoms with E-state index in [0.29, 0.717) is 50.5 Å². The number of para-hydroxylation sites is 1. The van der Waals surface area contributed by atoms with Gasteiger partial charge in [-0.25, -0.2) is 8.42 Å². The number of nitrogens with zero attached hydrogens (tertiary/aromatic N) is 4. The minimum absolute atomic E-state index is 0.0351. The van der Waals surface area contributed by atoms with Gasteiger partial charge < -0.3 is 19.1 Å². The number of fused-ring (bicyclic) bond motifs is 2. The molecule has 8 nitrogen and oxygen atoms in total. The lowest BCUT2D eigenvalue weighted by atomic mass is 10.1. The summed E-state index contributed by atoms with van der Waals surface area (Å²) >= 11 is 0. The number of hydrogen-bond acceptors (Lipinski definition) is 5. The van der Waals surface area contributed by atoms with E-state index in [-0.39, 0.29) is 22.9 Å². The lowest BCUT2D eigenvalue weighted by molar-refractivity contribution is 0.0745. The highest BCUT2D eigenvalue weighted by Crippen LogP contribution is 2.36. The van der Waals surface area contributed by atoms with Crippen molar-refractivity contribution in [2.24, 2.45) is 7.05 Å². The van der Waals surface area contributed by atoms with Crippen molar-refractivity contribution in [2.45, 2.75) is 29.9 Å². The number of ether oxygens (including phenoxy) is 1. The molecule has 3 heterocycles. The third-order valence-corrected chi connectivity index (χ3v) is 8.07. The van der Waals surface area contributed by atoms with Crippen LogP contribution < -0.4 is 4.74 Å². The van der Waals surface area contributed by atoms with Gasteiger partial charge in [-0.3, -0.25) is 4.79 Å². The van der Waals surface area contributed by atoms with Crippen molar-refractivity contribution < 1.29 is 17.9 Å². The molecule has 0 saturated carbocycles. The molecule has 2 aromatic rings. The Morgan fingerprint density at radius 1 is 1.13 bits per heavy atom. The van der Waals surface area contributed by atoms with Crippen LogP contribution in [0.1, 0.15) is 23.3 Å². The Balaban J connectivity index is 1.66. The molecule has 0 bridgehead atoms. The average Bonchev–Trinajstić information content (AvgIpc) is 3.01. The van der Waals surface area contributed by atoms with Gasteiger partial charge in [-0.1, -0.05) is 12.1 Å². The number of carbonyl (C=O) groups is 1. The lowest BCUT2D eigenvalue weighted by Crippen LogP contribution is -2.49. The molecule has 0 aliphatic carbocycles. The molecule has 2 aliphatic rings. The van der Waals surface area contributed by atoms with E-state index < -0.39 is 10.0 Å². The maximum Gasteiger partial charge on any atom is 0.270 e. The Bertz CT molecular complexity index is 1050. The Morgan fingerprint density at radius 2 is 1.87 bits per heavy atom. The zero-order valence-corrected chi connectivity index (χ0v) is 19.1. The second kappa shape index (κ2) is 8.64. The first-order chi connectivity index (χ1) is 14.8. The zero-order valence-electron chi connectivity index (χ0n) is 18.3. The molecule has 0 spiro atoms. The van der Waals surface area contributed by atoms with E-state index in [4.69, 9.17) is 4.74 Å². The highest BCUT2D eigenvalue weighted by molar-refractivity contribution is 7.89. The van der Waals surface area contributed by atoms with Crippen molar-refractivity contribution in [1.29, 1.82) is 0 Å². The second-order valence-electron chi connectivity index (χ2n) is 8.46. The summed E-state index contributed by atoms with van der Waals surface area (Å²) in [6.45, 7) is 1.99. The number of carbonyl (C=O) groups excluding carboxylic acids is 1. The second-order valence-corrected chi connectivity index (χ2v) is 10.3. The average molecular weight is 447 g/mol. The van der Waals surface area contributed by atoms with E-state index in [1.807, 2.05) is 53.8 Å². The summed E-state index contributed by atoms with van der Waals surface area (Å²) in [5, 5.41) is 0. The van der Waals surface area contributed by atoms with Crippen LogP contribution in [0.15, 0.2) is 47.5 Å². The number of aromatic nitrogens is 1. The maximum absolute atomic E-state index is 13.6. The van der Waals surface area contributed by atoms with Crippen molar-refractivity contribution in [3.8, 4) is 5.75 Å². The Hall–Kier alpha value is -2.36. The van der Waals surface area contributed by atoms with Gasteiger partial charge in [0, 0.05) is 45.8 Å². The van der Waals surface area contributed by atoms with Crippen LogP contribution >= 0.6 is 0 Å². The van der Waals surface area contributed by atoms with Gasteiger partial charge in [-0.2, -0.15) is 4.31 Å². The van der Waals surface area contributed by atoms with E-state index in [0.717, 1.165) is 0 Å². The fraction of sp³-hybridized carbons (Fsp3) is 0.500. The summed E-state index contributed by atoms with van der Waals surface area (Å²) in [6.07, 6.45) is 2.64. The fourth-order valence-corrected chi connectivity index (χ4v) is 6.18. The summed E-state index contributed by atoms with van der Waals surface area (Å²) in [4.78, 5) is 17.1. The number of likely N-dealkylation sites (N-methyl/N-ethyl adjacent to an activating group) is 1. The molecular formula is C22H30N4O4S. The number of amides is 1. The number of hydrogen-bond donors (Lipinski definition) is 0. The summed E-state index contributed by atoms with van der Waals surface area (Å²) in [7, 11) is 2.00. The Labute approximate surface area is 184 Å². The number of sulfonamides is 1. The molecule has 1 aromatic heterocycles. The molecule has 1 aromatic carbocycles. The number of benzene rings is 1. The Kier molecular flexibility index (Phi) is 6.09. The van der Waals surface area contributed by atoms with Gasteiger partial charge >= 0.3 is 0 Å². The summed E-state index contributed by atoms with van der Waals surface area (Å²) in [6, 6.07) is 10.2. The maximum atomic E-state index is 13.6. The van der Waals surface area contributed by atoms with Crippen LogP contribution in [0.5, 0.6) is 5.75 Å². The highest BCUT2D eigenvalue weighted by atomic mass is 32.2. The third kappa shape index (κ3) is 4.22. The molecule has 1 saturated heterocycles. The molecular weight excluding hydrogens is 416 g/mol. The molecule has 0 unspecified atom stereocenters. The van der Waals surface area contributed by atoms with Gasteiger partial charge in [0.05, 0.1) is 6.04 Å². The predicted molar refractivity (Wildman–Crippen MR) is 118 cm³/mol. The summed E-state index contributed by atoms with van der Waals surface area (Å²) in [5.41, 5.74) is 0.630. The van der Waals surface area contributed by atoms with E-state index in [1.165, 1.54) is 0 Å². The van der Waals surface area contributed by atoms with Crippen LogP contribution in [0.4, 0.5) is 0 Å². The van der Waals surface area contributed by atoms with Gasteiger partial charge in [-0.05, 0) is 44.8 Å². The lowest BCUT2D eigenvalue weighted by Gasteiger charge is -2.32. The molecule has 2 atom stereocenters. The molecule has 168 valence electrons. The van der Waals surface area contributed by atoms with E-state index >= 15 is 0 Å². The van der Waals surface area contributed by atoms with Gasteiger partial charge in [0.25, 0.3) is 5.91 Å². The van der Waals surface area contributed by atoms with Crippen LogP contribution in [0.3, 0.4) is 0 Å². The van der Waals surface area contributed by atoms with Crippen LogP contribution in [0, 0.1) is 0 Å². The standard InChI is InChI=1S/C22H30N4O4S/c1-23(2)15-16-26-17-10-13-25(22(27)18-7-6-12-24(18)3)14-11-19(17)30-20-8-4-5-9-21(20)31(26,28)29/h4-9,12,17,19H,10-11,13-16H2,1-3H3/t17-,19-/m1/s1. The van der Waals surface area contributed by atoms with Gasteiger partial charge in [0.15, 0.2) is 0 Å². The summed E-state index contributed by atoms with van der Waals surface area (Å²) in [5.74, 6) is 0.360. The molecule has 0 N–H and O–H groups in total. The molecule has 1 fully saturated rings. The largest absolute Gasteiger partial charge is 0.487 e. The molecule has 2 aliphatic heterocycles.